The van der Waals surface area contributed by atoms with Crippen molar-refractivity contribution in [1.29, 1.82) is 0 Å². The molecule has 0 aromatic heterocycles. The van der Waals surface area contributed by atoms with Gasteiger partial charge in [-0.2, -0.15) is 0 Å². The van der Waals surface area contributed by atoms with Crippen LogP contribution in [0.1, 0.15) is 58.2 Å². The number of aliphatic hydroxyl groups excluding tert-OH is 1. The van der Waals surface area contributed by atoms with Crippen LogP contribution in [0.4, 0.5) is 11.4 Å². The van der Waals surface area contributed by atoms with Crippen LogP contribution in [0.5, 0.6) is 0 Å². The number of anilines is 2. The van der Waals surface area contributed by atoms with Crippen LogP contribution in [0, 0.1) is 5.92 Å². The summed E-state index contributed by atoms with van der Waals surface area (Å²) in [7, 11) is 3.90. The van der Waals surface area contributed by atoms with Crippen LogP contribution in [0.3, 0.4) is 0 Å². The molecule has 0 saturated heterocycles. The highest BCUT2D eigenvalue weighted by Gasteiger charge is 2.44. The molecular weight excluding hydrogens is 400 g/mol. The number of hydrogen-bond acceptors (Lipinski definition) is 4. The summed E-state index contributed by atoms with van der Waals surface area (Å²) in [6, 6.07) is 14.9. The van der Waals surface area contributed by atoms with Crippen LogP contribution in [0.25, 0.3) is 0 Å². The Bertz CT molecular complexity index is 1030. The largest absolute Gasteiger partial charge is 0.503 e. The summed E-state index contributed by atoms with van der Waals surface area (Å²) in [6.07, 6.45) is 0.274. The number of benzene rings is 2. The van der Waals surface area contributed by atoms with E-state index in [9.17, 15) is 14.7 Å². The van der Waals surface area contributed by atoms with Gasteiger partial charge in [-0.3, -0.25) is 14.5 Å². The first-order chi connectivity index (χ1) is 14.9. The van der Waals surface area contributed by atoms with Gasteiger partial charge in [-0.15, -0.1) is 0 Å². The number of aliphatic hydroxyl groups is 1. The molecule has 32 heavy (non-hydrogen) atoms. The fourth-order valence-corrected chi connectivity index (χ4v) is 4.03. The molecule has 3 rings (SSSR count). The van der Waals surface area contributed by atoms with Gasteiger partial charge in [-0.25, -0.2) is 0 Å². The number of Topliss-reactive ketones (excluding diaryl/α,β-unsaturated/α-hetero) is 1. The number of rotatable bonds is 6. The van der Waals surface area contributed by atoms with E-state index in [0.717, 1.165) is 16.8 Å². The van der Waals surface area contributed by atoms with E-state index < -0.39 is 17.7 Å². The van der Waals surface area contributed by atoms with Gasteiger partial charge in [0.2, 0.25) is 0 Å². The van der Waals surface area contributed by atoms with Gasteiger partial charge in [0.05, 0.1) is 11.6 Å². The monoisotopic (exact) mass is 434 g/mol. The zero-order valence-electron chi connectivity index (χ0n) is 20.1. The molecule has 2 aromatic carbocycles. The number of carbonyl (C=O) groups excluding carboxylic acids is 2. The number of carbonyl (C=O) groups is 2. The lowest BCUT2D eigenvalue weighted by Gasteiger charge is -2.28. The van der Waals surface area contributed by atoms with E-state index in [2.05, 4.69) is 20.8 Å². The SMILES string of the molecule is CC(C)CC(=O)C1=C(O)C(=O)N(c2ccc(N(C)C)cc2)C1c1ccc(C(C)(C)C)cc1. The van der Waals surface area contributed by atoms with Crippen molar-refractivity contribution in [3.8, 4) is 0 Å². The molecule has 0 saturated carbocycles. The highest BCUT2D eigenvalue weighted by Crippen LogP contribution is 2.42. The van der Waals surface area contributed by atoms with Crippen LogP contribution in [-0.2, 0) is 15.0 Å². The summed E-state index contributed by atoms with van der Waals surface area (Å²) in [5.41, 5.74) is 3.78. The molecule has 2 aromatic rings. The lowest BCUT2D eigenvalue weighted by Crippen LogP contribution is -2.31. The lowest BCUT2D eigenvalue weighted by molar-refractivity contribution is -0.118. The quantitative estimate of drug-likeness (QED) is 0.646. The van der Waals surface area contributed by atoms with Gasteiger partial charge in [-0.1, -0.05) is 58.9 Å². The van der Waals surface area contributed by atoms with Crippen molar-refractivity contribution in [2.45, 2.75) is 52.5 Å². The average molecular weight is 435 g/mol. The molecule has 0 radical (unpaired) electrons. The summed E-state index contributed by atoms with van der Waals surface area (Å²) < 4.78 is 0. The predicted octanol–water partition coefficient (Wildman–Crippen LogP) is 5.57. The zero-order chi connectivity index (χ0) is 23.8. The molecule has 1 aliphatic rings. The summed E-state index contributed by atoms with van der Waals surface area (Å²) in [6.45, 7) is 10.3. The van der Waals surface area contributed by atoms with Crippen LogP contribution in [-0.4, -0.2) is 30.9 Å². The van der Waals surface area contributed by atoms with Gasteiger partial charge in [0, 0.05) is 31.9 Å². The Morgan fingerprint density at radius 3 is 2.06 bits per heavy atom. The second kappa shape index (κ2) is 8.81. The standard InChI is InChI=1S/C27H34N2O3/c1-17(2)16-22(30)23-24(18-8-10-19(11-9-18)27(3,4)5)29(26(32)25(23)31)21-14-12-20(13-15-21)28(6)7/h8-15,17,24,31H,16H2,1-7H3. The van der Waals surface area contributed by atoms with Crippen LogP contribution in [0.2, 0.25) is 0 Å². The Kier molecular flexibility index (Phi) is 6.49. The maximum Gasteiger partial charge on any atom is 0.294 e. The van der Waals surface area contributed by atoms with Gasteiger partial charge in [0.1, 0.15) is 0 Å². The molecule has 170 valence electrons. The van der Waals surface area contributed by atoms with Gasteiger partial charge in [0.25, 0.3) is 5.91 Å². The first kappa shape index (κ1) is 23.6. The van der Waals surface area contributed by atoms with E-state index in [0.29, 0.717) is 5.69 Å². The summed E-state index contributed by atoms with van der Waals surface area (Å²) >= 11 is 0. The maximum absolute atomic E-state index is 13.2. The molecule has 1 aliphatic heterocycles. The lowest BCUT2D eigenvalue weighted by atomic mass is 9.85. The van der Waals surface area contributed by atoms with E-state index in [1.54, 1.807) is 0 Å². The minimum absolute atomic E-state index is 0.0139. The van der Waals surface area contributed by atoms with E-state index in [1.165, 1.54) is 4.90 Å². The molecule has 1 N–H and O–H groups in total. The Balaban J connectivity index is 2.11. The molecule has 0 fully saturated rings. The van der Waals surface area contributed by atoms with Crippen molar-refractivity contribution in [1.82, 2.24) is 0 Å². The van der Waals surface area contributed by atoms with E-state index >= 15 is 0 Å². The second-order valence-electron chi connectivity index (χ2n) is 10.1. The zero-order valence-corrected chi connectivity index (χ0v) is 20.1. The third-order valence-corrected chi connectivity index (χ3v) is 5.84. The highest BCUT2D eigenvalue weighted by atomic mass is 16.3. The highest BCUT2D eigenvalue weighted by molar-refractivity contribution is 6.16. The normalized spacial score (nSPS) is 16.8. The van der Waals surface area contributed by atoms with E-state index in [-0.39, 0.29) is 29.1 Å². The minimum atomic E-state index is -0.659. The molecule has 1 heterocycles. The van der Waals surface area contributed by atoms with Crippen molar-refractivity contribution >= 4 is 23.1 Å². The minimum Gasteiger partial charge on any atom is -0.503 e. The van der Waals surface area contributed by atoms with Crippen LogP contribution in [0.15, 0.2) is 59.9 Å². The Hall–Kier alpha value is -3.08. The van der Waals surface area contributed by atoms with Crippen molar-refractivity contribution < 1.29 is 14.7 Å². The number of hydrogen-bond donors (Lipinski definition) is 1. The van der Waals surface area contributed by atoms with Gasteiger partial charge in [0.15, 0.2) is 11.5 Å². The van der Waals surface area contributed by atoms with Crippen molar-refractivity contribution in [2.75, 3.05) is 23.9 Å². The van der Waals surface area contributed by atoms with Crippen molar-refractivity contribution in [2.24, 2.45) is 5.92 Å². The first-order valence-electron chi connectivity index (χ1n) is 11.1. The topological polar surface area (TPSA) is 60.9 Å². The van der Waals surface area contributed by atoms with Gasteiger partial charge < -0.3 is 10.0 Å². The fourth-order valence-electron chi connectivity index (χ4n) is 4.03. The number of amides is 1. The maximum atomic E-state index is 13.2. The Morgan fingerprint density at radius 1 is 1.03 bits per heavy atom. The molecule has 5 nitrogen and oxygen atoms in total. The Morgan fingerprint density at radius 2 is 1.59 bits per heavy atom. The third-order valence-electron chi connectivity index (χ3n) is 5.84. The predicted molar refractivity (Wildman–Crippen MR) is 130 cm³/mol. The summed E-state index contributed by atoms with van der Waals surface area (Å²) in [4.78, 5) is 29.8. The second-order valence-corrected chi connectivity index (χ2v) is 10.1. The third kappa shape index (κ3) is 4.57. The first-order valence-corrected chi connectivity index (χ1v) is 11.1. The van der Waals surface area contributed by atoms with Gasteiger partial charge >= 0.3 is 0 Å². The van der Waals surface area contributed by atoms with Crippen LogP contribution >= 0.6 is 0 Å². The molecule has 0 aliphatic carbocycles. The average Bonchev–Trinajstić information content (AvgIpc) is 2.98. The molecular formula is C27H34N2O3. The smallest absolute Gasteiger partial charge is 0.294 e. The van der Waals surface area contributed by atoms with Crippen molar-refractivity contribution in [3.05, 3.63) is 71.0 Å². The number of nitrogens with zero attached hydrogens (tertiary/aromatic N) is 2. The molecule has 1 unspecified atom stereocenters. The fraction of sp³-hybridized carbons (Fsp3) is 0.407. The molecule has 1 amide bonds. The van der Waals surface area contributed by atoms with Crippen LogP contribution < -0.4 is 9.80 Å². The molecule has 5 heteroatoms. The molecule has 1 atom stereocenters. The van der Waals surface area contributed by atoms with E-state index in [4.69, 9.17) is 0 Å². The van der Waals surface area contributed by atoms with E-state index in [1.807, 2.05) is 81.4 Å². The van der Waals surface area contributed by atoms with Crippen molar-refractivity contribution in [3.63, 3.8) is 0 Å². The Labute approximate surface area is 191 Å². The summed E-state index contributed by atoms with van der Waals surface area (Å²) in [5.74, 6) is -1.06. The molecule has 0 spiro atoms. The summed E-state index contributed by atoms with van der Waals surface area (Å²) in [5, 5.41) is 10.8. The molecule has 0 bridgehead atoms. The van der Waals surface area contributed by atoms with Gasteiger partial charge in [-0.05, 0) is 46.7 Å². The number of ketones is 1.